The van der Waals surface area contributed by atoms with Crippen LogP contribution in [0.5, 0.6) is 0 Å². The van der Waals surface area contributed by atoms with Crippen molar-refractivity contribution in [2.45, 2.75) is 0 Å². The third kappa shape index (κ3) is 2.82. The number of aromatic amines is 3. The van der Waals surface area contributed by atoms with E-state index in [4.69, 9.17) is 0 Å². The number of amides is 2. The summed E-state index contributed by atoms with van der Waals surface area (Å²) in [6.07, 6.45) is 3.39. The molecule has 128 valence electrons. The van der Waals surface area contributed by atoms with E-state index in [1.54, 1.807) is 46.5 Å². The minimum absolute atomic E-state index is 0.0281. The Morgan fingerprint density at radius 3 is 2.12 bits per heavy atom. The molecule has 3 N–H and O–H groups in total. The number of carbonyl (C=O) groups excluding carboxylic acids is 2. The van der Waals surface area contributed by atoms with E-state index < -0.39 is 0 Å². The third-order valence-corrected chi connectivity index (χ3v) is 4.46. The fraction of sp³-hybridized carbons (Fsp3) is 0.235. The largest absolute Gasteiger partial charge is 0.367 e. The second-order valence-corrected chi connectivity index (χ2v) is 6.02. The molecule has 0 radical (unpaired) electrons. The molecular formula is C17H17N5O3. The molecule has 25 heavy (non-hydrogen) atoms. The van der Waals surface area contributed by atoms with Crippen LogP contribution in [0, 0.1) is 0 Å². The maximum absolute atomic E-state index is 12.7. The normalized spacial score (nSPS) is 14.9. The summed E-state index contributed by atoms with van der Waals surface area (Å²) in [4.78, 5) is 48.0. The van der Waals surface area contributed by atoms with Crippen molar-refractivity contribution in [2.75, 3.05) is 26.2 Å². The molecule has 1 fully saturated rings. The molecule has 1 aliphatic rings. The Labute approximate surface area is 142 Å². The van der Waals surface area contributed by atoms with E-state index in [9.17, 15) is 14.4 Å². The van der Waals surface area contributed by atoms with Crippen LogP contribution in [0.2, 0.25) is 0 Å². The summed E-state index contributed by atoms with van der Waals surface area (Å²) in [5, 5.41) is 0. The van der Waals surface area contributed by atoms with Gasteiger partial charge in [0.25, 0.3) is 11.8 Å². The minimum Gasteiger partial charge on any atom is -0.367 e. The van der Waals surface area contributed by atoms with E-state index in [0.29, 0.717) is 48.3 Å². The molecule has 3 heterocycles. The average Bonchev–Trinajstić information content (AvgIpc) is 3.28. The first-order valence-corrected chi connectivity index (χ1v) is 8.05. The number of imidazole rings is 1. The van der Waals surface area contributed by atoms with E-state index in [1.807, 2.05) is 0 Å². The predicted octanol–water partition coefficient (Wildman–Crippen LogP) is 0.782. The lowest BCUT2D eigenvalue weighted by molar-refractivity contribution is 0.0535. The first kappa shape index (κ1) is 15.3. The SMILES string of the molecule is O=C(c1cc[nH]c1)N1CCN(C(=O)c2ccc3[nH]c(=O)[nH]c3c2)CC1. The van der Waals surface area contributed by atoms with Crippen molar-refractivity contribution >= 4 is 22.8 Å². The highest BCUT2D eigenvalue weighted by Crippen LogP contribution is 2.15. The van der Waals surface area contributed by atoms with E-state index in [1.165, 1.54) is 0 Å². The summed E-state index contributed by atoms with van der Waals surface area (Å²) in [5.41, 5.74) is 2.13. The number of hydrogen-bond donors (Lipinski definition) is 3. The molecule has 0 bridgehead atoms. The summed E-state index contributed by atoms with van der Waals surface area (Å²) >= 11 is 0. The molecule has 0 spiro atoms. The third-order valence-electron chi connectivity index (χ3n) is 4.46. The Hall–Kier alpha value is -3.29. The van der Waals surface area contributed by atoms with Crippen LogP contribution in [0.4, 0.5) is 0 Å². The van der Waals surface area contributed by atoms with E-state index >= 15 is 0 Å². The van der Waals surface area contributed by atoms with E-state index in [-0.39, 0.29) is 17.5 Å². The van der Waals surface area contributed by atoms with Crippen molar-refractivity contribution < 1.29 is 9.59 Å². The number of nitrogens with zero attached hydrogens (tertiary/aromatic N) is 2. The molecule has 0 atom stereocenters. The molecule has 0 unspecified atom stereocenters. The highest BCUT2D eigenvalue weighted by Gasteiger charge is 2.25. The summed E-state index contributed by atoms with van der Waals surface area (Å²) in [7, 11) is 0. The van der Waals surface area contributed by atoms with Crippen LogP contribution >= 0.6 is 0 Å². The topological polar surface area (TPSA) is 105 Å². The number of rotatable bonds is 2. The van der Waals surface area contributed by atoms with Gasteiger partial charge in [0.1, 0.15) is 0 Å². The molecular weight excluding hydrogens is 322 g/mol. The molecule has 2 amide bonds. The number of piperazine rings is 1. The number of fused-ring (bicyclic) bond motifs is 1. The summed E-state index contributed by atoms with van der Waals surface area (Å²) in [6.45, 7) is 1.96. The van der Waals surface area contributed by atoms with Gasteiger partial charge in [-0.2, -0.15) is 0 Å². The van der Waals surface area contributed by atoms with Crippen LogP contribution in [0.1, 0.15) is 20.7 Å². The molecule has 8 heteroatoms. The van der Waals surface area contributed by atoms with Gasteiger partial charge < -0.3 is 24.8 Å². The van der Waals surface area contributed by atoms with E-state index in [0.717, 1.165) is 0 Å². The van der Waals surface area contributed by atoms with Crippen LogP contribution in [0.25, 0.3) is 11.0 Å². The van der Waals surface area contributed by atoms with Crippen molar-refractivity contribution in [3.05, 3.63) is 58.3 Å². The molecule has 1 aliphatic heterocycles. The zero-order valence-corrected chi connectivity index (χ0v) is 13.4. The molecule has 2 aromatic heterocycles. The molecule has 1 aromatic carbocycles. The lowest BCUT2D eigenvalue weighted by Gasteiger charge is -2.34. The zero-order chi connectivity index (χ0) is 17.4. The number of carbonyl (C=O) groups is 2. The van der Waals surface area contributed by atoms with Crippen molar-refractivity contribution in [3.8, 4) is 0 Å². The average molecular weight is 339 g/mol. The molecule has 3 aromatic rings. The summed E-state index contributed by atoms with van der Waals surface area (Å²) < 4.78 is 0. The quantitative estimate of drug-likeness (QED) is 0.642. The highest BCUT2D eigenvalue weighted by atomic mass is 16.2. The Bertz CT molecular complexity index is 977. The van der Waals surface area contributed by atoms with Crippen LogP contribution in [0.15, 0.2) is 41.5 Å². The number of hydrogen-bond acceptors (Lipinski definition) is 3. The van der Waals surface area contributed by atoms with Crippen LogP contribution in [-0.2, 0) is 0 Å². The summed E-state index contributed by atoms with van der Waals surface area (Å²) in [5.74, 6) is -0.127. The molecule has 8 nitrogen and oxygen atoms in total. The van der Waals surface area contributed by atoms with Gasteiger partial charge in [-0.15, -0.1) is 0 Å². The number of H-pyrrole nitrogens is 3. The Morgan fingerprint density at radius 2 is 1.48 bits per heavy atom. The molecule has 0 aliphatic carbocycles. The Morgan fingerprint density at radius 1 is 0.840 bits per heavy atom. The molecule has 1 saturated heterocycles. The van der Waals surface area contributed by atoms with E-state index in [2.05, 4.69) is 15.0 Å². The Balaban J connectivity index is 1.45. The number of aromatic nitrogens is 3. The standard InChI is InChI=1S/C17H17N5O3/c23-15(11-1-2-13-14(9-11)20-17(25)19-13)21-5-7-22(8-6-21)16(24)12-3-4-18-10-12/h1-4,9-10,18H,5-8H2,(H2,19,20,25). The van der Waals surface area contributed by atoms with Crippen molar-refractivity contribution in [3.63, 3.8) is 0 Å². The second-order valence-electron chi connectivity index (χ2n) is 6.02. The van der Waals surface area contributed by atoms with Gasteiger partial charge in [0.15, 0.2) is 0 Å². The van der Waals surface area contributed by atoms with Gasteiger partial charge in [0.05, 0.1) is 16.6 Å². The smallest absolute Gasteiger partial charge is 0.323 e. The van der Waals surface area contributed by atoms with Gasteiger partial charge in [-0.3, -0.25) is 9.59 Å². The van der Waals surface area contributed by atoms with Gasteiger partial charge in [-0.25, -0.2) is 4.79 Å². The van der Waals surface area contributed by atoms with Crippen LogP contribution < -0.4 is 5.69 Å². The van der Waals surface area contributed by atoms with Gasteiger partial charge >= 0.3 is 5.69 Å². The first-order valence-electron chi connectivity index (χ1n) is 8.05. The number of nitrogens with one attached hydrogen (secondary N) is 3. The fourth-order valence-corrected chi connectivity index (χ4v) is 3.10. The van der Waals surface area contributed by atoms with Crippen LogP contribution in [-0.4, -0.2) is 62.7 Å². The predicted molar refractivity (Wildman–Crippen MR) is 91.5 cm³/mol. The van der Waals surface area contributed by atoms with Crippen molar-refractivity contribution in [1.29, 1.82) is 0 Å². The van der Waals surface area contributed by atoms with Crippen molar-refractivity contribution in [1.82, 2.24) is 24.8 Å². The lowest BCUT2D eigenvalue weighted by Crippen LogP contribution is -2.50. The first-order chi connectivity index (χ1) is 12.1. The Kier molecular flexibility index (Phi) is 3.64. The zero-order valence-electron chi connectivity index (χ0n) is 13.4. The maximum atomic E-state index is 12.7. The summed E-state index contributed by atoms with van der Waals surface area (Å²) in [6, 6.07) is 6.83. The minimum atomic E-state index is -0.295. The van der Waals surface area contributed by atoms with Gasteiger partial charge in [0.2, 0.25) is 0 Å². The molecule has 0 saturated carbocycles. The highest BCUT2D eigenvalue weighted by molar-refractivity contribution is 5.98. The monoisotopic (exact) mass is 339 g/mol. The number of benzene rings is 1. The molecule has 4 rings (SSSR count). The van der Waals surface area contributed by atoms with Crippen molar-refractivity contribution in [2.24, 2.45) is 0 Å². The van der Waals surface area contributed by atoms with Crippen LogP contribution in [0.3, 0.4) is 0 Å². The maximum Gasteiger partial charge on any atom is 0.323 e. The fourth-order valence-electron chi connectivity index (χ4n) is 3.10. The van der Waals surface area contributed by atoms with Gasteiger partial charge in [0, 0.05) is 44.1 Å². The second kappa shape index (κ2) is 5.97. The van der Waals surface area contributed by atoms with Gasteiger partial charge in [-0.1, -0.05) is 0 Å². The lowest BCUT2D eigenvalue weighted by atomic mass is 10.1. The van der Waals surface area contributed by atoms with Gasteiger partial charge in [-0.05, 0) is 24.3 Å².